The van der Waals surface area contributed by atoms with Gasteiger partial charge in [-0.15, -0.1) is 0 Å². The van der Waals surface area contributed by atoms with E-state index in [1.165, 1.54) is 11.8 Å². The predicted octanol–water partition coefficient (Wildman–Crippen LogP) is 2.73. The van der Waals surface area contributed by atoms with E-state index < -0.39 is 0 Å². The monoisotopic (exact) mass is 277 g/mol. The van der Waals surface area contributed by atoms with Crippen LogP contribution in [0.2, 0.25) is 0 Å². The summed E-state index contributed by atoms with van der Waals surface area (Å²) >= 11 is 1.47. The topological polar surface area (TPSA) is 46.4 Å². The molecular formula is C14H19N3OS. The number of hydrogen-bond donors (Lipinski definition) is 1. The molecule has 0 spiro atoms. The van der Waals surface area contributed by atoms with E-state index in [0.29, 0.717) is 0 Å². The van der Waals surface area contributed by atoms with Gasteiger partial charge in [0.1, 0.15) is 0 Å². The van der Waals surface area contributed by atoms with E-state index >= 15 is 0 Å². The predicted molar refractivity (Wildman–Crippen MR) is 78.4 cm³/mol. The van der Waals surface area contributed by atoms with Crippen LogP contribution in [0.4, 0.5) is 0 Å². The lowest BCUT2D eigenvalue weighted by Gasteiger charge is -2.22. The smallest absolute Gasteiger partial charge is 0.233 e. The van der Waals surface area contributed by atoms with E-state index in [-0.39, 0.29) is 16.7 Å². The summed E-state index contributed by atoms with van der Waals surface area (Å²) in [5, 5.41) is 3.65. The summed E-state index contributed by atoms with van der Waals surface area (Å²) in [6, 6.07) is 5.93. The van der Waals surface area contributed by atoms with Crippen molar-refractivity contribution in [2.75, 3.05) is 0 Å². The number of carbonyl (C=O) groups is 1. The van der Waals surface area contributed by atoms with Crippen molar-refractivity contribution in [3.05, 3.63) is 30.6 Å². The van der Waals surface area contributed by atoms with Crippen molar-refractivity contribution in [3.63, 3.8) is 0 Å². The van der Waals surface area contributed by atoms with Crippen molar-refractivity contribution in [3.8, 4) is 0 Å². The molecule has 0 aromatic carbocycles. The van der Waals surface area contributed by atoms with Gasteiger partial charge in [0.25, 0.3) is 0 Å². The highest BCUT2D eigenvalue weighted by molar-refractivity contribution is 8.00. The summed E-state index contributed by atoms with van der Waals surface area (Å²) in [6.45, 7) is 7.84. The molecule has 2 heterocycles. The molecule has 0 fully saturated rings. The van der Waals surface area contributed by atoms with Crippen molar-refractivity contribution in [1.29, 1.82) is 0 Å². The zero-order valence-corrected chi connectivity index (χ0v) is 12.5. The first-order chi connectivity index (χ1) is 8.87. The zero-order valence-electron chi connectivity index (χ0n) is 11.7. The number of amides is 1. The summed E-state index contributed by atoms with van der Waals surface area (Å²) in [7, 11) is 0. The van der Waals surface area contributed by atoms with Crippen molar-refractivity contribution in [2.45, 2.75) is 43.6 Å². The molecule has 0 bridgehead atoms. The van der Waals surface area contributed by atoms with Gasteiger partial charge in [0.05, 0.1) is 17.0 Å². The summed E-state index contributed by atoms with van der Waals surface area (Å²) in [5.74, 6) is 0.0326. The quantitative estimate of drug-likeness (QED) is 0.878. The maximum atomic E-state index is 12.1. The van der Waals surface area contributed by atoms with Gasteiger partial charge < -0.3 is 5.32 Å². The minimum atomic E-state index is -0.208. The van der Waals surface area contributed by atoms with Crippen LogP contribution in [0.1, 0.15) is 27.7 Å². The van der Waals surface area contributed by atoms with Gasteiger partial charge in [-0.1, -0.05) is 17.8 Å². The van der Waals surface area contributed by atoms with Crippen LogP contribution in [0.3, 0.4) is 0 Å². The minimum Gasteiger partial charge on any atom is -0.351 e. The van der Waals surface area contributed by atoms with Crippen molar-refractivity contribution in [2.24, 2.45) is 0 Å². The van der Waals surface area contributed by atoms with E-state index in [9.17, 15) is 4.79 Å². The van der Waals surface area contributed by atoms with Gasteiger partial charge in [0.2, 0.25) is 5.91 Å². The summed E-state index contributed by atoms with van der Waals surface area (Å²) < 4.78 is 1.99. The number of nitrogens with one attached hydrogen (secondary N) is 1. The third kappa shape index (κ3) is 3.50. The van der Waals surface area contributed by atoms with Gasteiger partial charge in [0.15, 0.2) is 5.16 Å². The molecule has 0 radical (unpaired) electrons. The van der Waals surface area contributed by atoms with Crippen LogP contribution in [0.15, 0.2) is 35.7 Å². The fourth-order valence-corrected chi connectivity index (χ4v) is 2.56. The Balaban J connectivity index is 2.10. The van der Waals surface area contributed by atoms with Crippen molar-refractivity contribution in [1.82, 2.24) is 14.7 Å². The van der Waals surface area contributed by atoms with Gasteiger partial charge >= 0.3 is 0 Å². The summed E-state index contributed by atoms with van der Waals surface area (Å²) in [5.41, 5.74) is 0.828. The first kappa shape index (κ1) is 13.9. The van der Waals surface area contributed by atoms with Crippen LogP contribution >= 0.6 is 11.8 Å². The highest BCUT2D eigenvalue weighted by Crippen LogP contribution is 2.23. The molecule has 2 rings (SSSR count). The molecule has 0 aliphatic carbocycles. The summed E-state index contributed by atoms with van der Waals surface area (Å²) in [6.07, 6.45) is 3.77. The molecule has 19 heavy (non-hydrogen) atoms. The van der Waals surface area contributed by atoms with Crippen LogP contribution in [0.5, 0.6) is 0 Å². The van der Waals surface area contributed by atoms with Crippen LogP contribution in [-0.2, 0) is 4.79 Å². The Kier molecular flexibility index (Phi) is 3.85. The Hall–Kier alpha value is -1.49. The van der Waals surface area contributed by atoms with Crippen LogP contribution in [0, 0.1) is 0 Å². The lowest BCUT2D eigenvalue weighted by molar-refractivity contribution is -0.121. The number of carbonyl (C=O) groups excluding carboxylic acids is 1. The molecule has 0 unspecified atom stereocenters. The Morgan fingerprint density at radius 3 is 2.84 bits per heavy atom. The van der Waals surface area contributed by atoms with E-state index in [1.807, 2.05) is 62.7 Å². The largest absolute Gasteiger partial charge is 0.351 e. The Morgan fingerprint density at radius 2 is 2.16 bits per heavy atom. The molecule has 2 aromatic rings. The maximum absolute atomic E-state index is 12.1. The number of imidazole rings is 1. The molecule has 1 amide bonds. The second-order valence-electron chi connectivity index (χ2n) is 5.54. The summed E-state index contributed by atoms with van der Waals surface area (Å²) in [4.78, 5) is 16.4. The molecule has 0 saturated carbocycles. The number of fused-ring (bicyclic) bond motifs is 1. The second-order valence-corrected chi connectivity index (χ2v) is 6.84. The molecule has 5 heteroatoms. The van der Waals surface area contributed by atoms with E-state index in [0.717, 1.165) is 10.7 Å². The third-order valence-corrected chi connectivity index (χ3v) is 3.63. The molecule has 1 atom stereocenters. The average molecular weight is 277 g/mol. The molecule has 102 valence electrons. The molecular weight excluding hydrogens is 258 g/mol. The fraction of sp³-hybridized carbons (Fsp3) is 0.429. The Bertz CT molecular complexity index is 586. The number of thioether (sulfide) groups is 1. The van der Waals surface area contributed by atoms with Gasteiger partial charge in [-0.25, -0.2) is 4.98 Å². The number of aromatic nitrogens is 2. The molecule has 0 aliphatic rings. The Labute approximate surface area is 117 Å². The first-order valence-electron chi connectivity index (χ1n) is 6.27. The van der Waals surface area contributed by atoms with E-state index in [1.54, 1.807) is 0 Å². The zero-order chi connectivity index (χ0) is 14.0. The van der Waals surface area contributed by atoms with Crippen LogP contribution in [0.25, 0.3) is 5.52 Å². The molecule has 4 nitrogen and oxygen atoms in total. The number of nitrogens with zero attached hydrogens (tertiary/aromatic N) is 2. The number of pyridine rings is 1. The van der Waals surface area contributed by atoms with Crippen molar-refractivity contribution >= 4 is 23.2 Å². The third-order valence-electron chi connectivity index (χ3n) is 2.55. The first-order valence-corrected chi connectivity index (χ1v) is 7.15. The second kappa shape index (κ2) is 5.25. The normalized spacial score (nSPS) is 13.5. The van der Waals surface area contributed by atoms with Gasteiger partial charge in [-0.05, 0) is 39.8 Å². The van der Waals surface area contributed by atoms with Crippen LogP contribution < -0.4 is 5.32 Å². The molecule has 0 aliphatic heterocycles. The minimum absolute atomic E-state index is 0.0326. The van der Waals surface area contributed by atoms with E-state index in [2.05, 4.69) is 10.3 Å². The molecule has 0 saturated heterocycles. The standard InChI is InChI=1S/C14H19N3OS/c1-10(12(18)16-14(2,3)4)19-13-15-9-11-7-5-6-8-17(11)13/h5-10H,1-4H3,(H,16,18)/t10-/m0/s1. The van der Waals surface area contributed by atoms with E-state index in [4.69, 9.17) is 0 Å². The van der Waals surface area contributed by atoms with Crippen LogP contribution in [-0.4, -0.2) is 26.1 Å². The van der Waals surface area contributed by atoms with Gasteiger partial charge in [0, 0.05) is 11.7 Å². The molecule has 2 aromatic heterocycles. The Morgan fingerprint density at radius 1 is 1.42 bits per heavy atom. The SMILES string of the molecule is C[C@H](Sc1ncc2ccccn12)C(=O)NC(C)(C)C. The maximum Gasteiger partial charge on any atom is 0.233 e. The van der Waals surface area contributed by atoms with Gasteiger partial charge in [-0.3, -0.25) is 9.20 Å². The molecule has 1 N–H and O–H groups in total. The lowest BCUT2D eigenvalue weighted by Crippen LogP contribution is -2.44. The highest BCUT2D eigenvalue weighted by Gasteiger charge is 2.21. The number of rotatable bonds is 3. The average Bonchev–Trinajstić information content (AvgIpc) is 2.70. The highest BCUT2D eigenvalue weighted by atomic mass is 32.2. The van der Waals surface area contributed by atoms with Gasteiger partial charge in [-0.2, -0.15) is 0 Å². The fourth-order valence-electron chi connectivity index (χ4n) is 1.69. The number of hydrogen-bond acceptors (Lipinski definition) is 3. The lowest BCUT2D eigenvalue weighted by atomic mass is 10.1. The van der Waals surface area contributed by atoms with Crippen molar-refractivity contribution < 1.29 is 4.79 Å².